The Balaban J connectivity index is 1.90. The standard InChI is InChI=1S/C30H31ClN2O4/c1-6-37-25-17-21(11-16-24(25)31)28(34)26-27(20-9-7-19(8-10-20)18(2)3)33(30(36)29(26)35)23-14-12-22(13-15-23)32(4)5/h7-18,27,34H,6H2,1-5H3/b28-26-. The number of carbonyl (C=O) groups excluding carboxylic acids is 2. The van der Waals surface area contributed by atoms with E-state index < -0.39 is 17.7 Å². The van der Waals surface area contributed by atoms with Gasteiger partial charge in [0.25, 0.3) is 11.7 Å². The molecule has 1 N–H and O–H groups in total. The Labute approximate surface area is 222 Å². The molecule has 4 rings (SSSR count). The quantitative estimate of drug-likeness (QED) is 0.218. The van der Waals surface area contributed by atoms with E-state index in [9.17, 15) is 14.7 Å². The summed E-state index contributed by atoms with van der Waals surface area (Å²) in [6.07, 6.45) is 0. The zero-order chi connectivity index (χ0) is 26.9. The number of anilines is 2. The number of carbonyl (C=O) groups is 2. The highest BCUT2D eigenvalue weighted by Gasteiger charge is 2.47. The average molecular weight is 519 g/mol. The lowest BCUT2D eigenvalue weighted by Gasteiger charge is -2.26. The van der Waals surface area contributed by atoms with Gasteiger partial charge in [-0.05, 0) is 66.4 Å². The molecule has 1 heterocycles. The third-order valence-corrected chi connectivity index (χ3v) is 6.82. The van der Waals surface area contributed by atoms with Gasteiger partial charge in [-0.1, -0.05) is 49.7 Å². The average Bonchev–Trinajstić information content (AvgIpc) is 3.15. The van der Waals surface area contributed by atoms with Crippen molar-refractivity contribution in [3.05, 3.63) is 94.0 Å². The first-order valence-electron chi connectivity index (χ1n) is 12.2. The number of Topliss-reactive ketones (excluding diaryl/α,β-unsaturated/α-hetero) is 1. The molecule has 1 aliphatic heterocycles. The van der Waals surface area contributed by atoms with Gasteiger partial charge in [-0.25, -0.2) is 0 Å². The first kappa shape index (κ1) is 26.3. The highest BCUT2D eigenvalue weighted by atomic mass is 35.5. The highest BCUT2D eigenvalue weighted by Crippen LogP contribution is 2.43. The number of ketones is 1. The maximum absolute atomic E-state index is 13.4. The van der Waals surface area contributed by atoms with E-state index in [1.165, 1.54) is 4.90 Å². The number of ether oxygens (including phenoxy) is 1. The van der Waals surface area contributed by atoms with E-state index in [2.05, 4.69) is 13.8 Å². The maximum atomic E-state index is 13.4. The number of aliphatic hydroxyl groups excluding tert-OH is 1. The summed E-state index contributed by atoms with van der Waals surface area (Å²) in [5.74, 6) is -1.01. The molecule has 3 aromatic rings. The van der Waals surface area contributed by atoms with Crippen LogP contribution in [0.5, 0.6) is 5.75 Å². The second kappa shape index (κ2) is 10.7. The van der Waals surface area contributed by atoms with Crippen LogP contribution in [0.2, 0.25) is 5.02 Å². The summed E-state index contributed by atoms with van der Waals surface area (Å²) in [6, 6.07) is 19.2. The minimum absolute atomic E-state index is 0.0174. The van der Waals surface area contributed by atoms with Gasteiger partial charge >= 0.3 is 0 Å². The van der Waals surface area contributed by atoms with Crippen molar-refractivity contribution in [1.29, 1.82) is 0 Å². The van der Waals surface area contributed by atoms with Crippen LogP contribution >= 0.6 is 11.6 Å². The fourth-order valence-corrected chi connectivity index (χ4v) is 4.63. The van der Waals surface area contributed by atoms with Crippen molar-refractivity contribution < 1.29 is 19.4 Å². The number of rotatable bonds is 7. The number of nitrogens with zero attached hydrogens (tertiary/aromatic N) is 2. The van der Waals surface area contributed by atoms with Crippen LogP contribution in [0.25, 0.3) is 5.76 Å². The number of benzene rings is 3. The molecule has 6 nitrogen and oxygen atoms in total. The Morgan fingerprint density at radius 1 is 1.03 bits per heavy atom. The van der Waals surface area contributed by atoms with E-state index in [-0.39, 0.29) is 11.3 Å². The van der Waals surface area contributed by atoms with Crippen LogP contribution in [0, 0.1) is 0 Å². The van der Waals surface area contributed by atoms with Crippen molar-refractivity contribution in [2.75, 3.05) is 30.5 Å². The van der Waals surface area contributed by atoms with Crippen LogP contribution in [0.3, 0.4) is 0 Å². The monoisotopic (exact) mass is 518 g/mol. The van der Waals surface area contributed by atoms with Crippen molar-refractivity contribution in [3.8, 4) is 5.75 Å². The second-order valence-corrected chi connectivity index (χ2v) is 9.89. The van der Waals surface area contributed by atoms with Gasteiger partial charge in [0.1, 0.15) is 11.5 Å². The maximum Gasteiger partial charge on any atom is 0.300 e. The first-order valence-corrected chi connectivity index (χ1v) is 12.6. The van der Waals surface area contributed by atoms with E-state index in [0.29, 0.717) is 34.5 Å². The number of hydrogen-bond donors (Lipinski definition) is 1. The molecular formula is C30H31ClN2O4. The largest absolute Gasteiger partial charge is 0.507 e. The van der Waals surface area contributed by atoms with Crippen molar-refractivity contribution in [1.82, 2.24) is 0 Å². The van der Waals surface area contributed by atoms with Gasteiger partial charge in [0.15, 0.2) is 0 Å². The molecule has 3 aromatic carbocycles. The van der Waals surface area contributed by atoms with Crippen LogP contribution in [0.15, 0.2) is 72.3 Å². The van der Waals surface area contributed by atoms with Gasteiger partial charge in [0.05, 0.1) is 23.2 Å². The molecule has 0 aliphatic carbocycles. The summed E-state index contributed by atoms with van der Waals surface area (Å²) in [5.41, 5.74) is 3.75. The molecule has 0 spiro atoms. The van der Waals surface area contributed by atoms with Gasteiger partial charge in [-0.2, -0.15) is 0 Å². The van der Waals surface area contributed by atoms with Gasteiger partial charge in [0.2, 0.25) is 0 Å². The van der Waals surface area contributed by atoms with Crippen LogP contribution in [0.4, 0.5) is 11.4 Å². The lowest BCUT2D eigenvalue weighted by Crippen LogP contribution is -2.29. The molecule has 1 fully saturated rings. The molecule has 37 heavy (non-hydrogen) atoms. The molecule has 1 amide bonds. The molecule has 7 heteroatoms. The Hall–Kier alpha value is -3.77. The van der Waals surface area contributed by atoms with Gasteiger partial charge in [-0.15, -0.1) is 0 Å². The molecule has 1 atom stereocenters. The Bertz CT molecular complexity index is 1340. The van der Waals surface area contributed by atoms with Gasteiger partial charge < -0.3 is 14.7 Å². The van der Waals surface area contributed by atoms with Crippen LogP contribution in [0.1, 0.15) is 49.4 Å². The normalized spacial score (nSPS) is 16.9. The summed E-state index contributed by atoms with van der Waals surface area (Å²) in [4.78, 5) is 30.3. The van der Waals surface area contributed by atoms with Crippen molar-refractivity contribution in [3.63, 3.8) is 0 Å². The number of amides is 1. The fraction of sp³-hybridized carbons (Fsp3) is 0.267. The molecule has 0 bridgehead atoms. The summed E-state index contributed by atoms with van der Waals surface area (Å²) < 4.78 is 5.57. The van der Waals surface area contributed by atoms with Crippen molar-refractivity contribution in [2.24, 2.45) is 0 Å². The third-order valence-electron chi connectivity index (χ3n) is 6.51. The van der Waals surface area contributed by atoms with E-state index in [1.807, 2.05) is 74.4 Å². The molecular weight excluding hydrogens is 488 g/mol. The van der Waals surface area contributed by atoms with E-state index in [1.54, 1.807) is 18.2 Å². The van der Waals surface area contributed by atoms with Gasteiger partial charge in [-0.3, -0.25) is 14.5 Å². The first-order chi connectivity index (χ1) is 17.6. The Morgan fingerprint density at radius 3 is 2.24 bits per heavy atom. The number of aliphatic hydroxyl groups is 1. The molecule has 1 saturated heterocycles. The van der Waals surface area contributed by atoms with E-state index in [4.69, 9.17) is 16.3 Å². The molecule has 0 saturated carbocycles. The topological polar surface area (TPSA) is 70.1 Å². The van der Waals surface area contributed by atoms with Gasteiger partial charge in [0, 0.05) is 31.0 Å². The molecule has 192 valence electrons. The summed E-state index contributed by atoms with van der Waals surface area (Å²) >= 11 is 6.24. The lowest BCUT2D eigenvalue weighted by atomic mass is 9.93. The zero-order valence-electron chi connectivity index (χ0n) is 21.7. The summed E-state index contributed by atoms with van der Waals surface area (Å²) in [6.45, 7) is 6.42. The SMILES string of the molecule is CCOc1cc(/C(O)=C2/C(=O)C(=O)N(c3ccc(N(C)C)cc3)C2c2ccc(C(C)C)cc2)ccc1Cl. The number of hydrogen-bond acceptors (Lipinski definition) is 5. The third kappa shape index (κ3) is 5.07. The zero-order valence-corrected chi connectivity index (χ0v) is 22.4. The van der Waals surface area contributed by atoms with Crippen LogP contribution in [-0.4, -0.2) is 37.5 Å². The minimum atomic E-state index is -0.808. The Kier molecular flexibility index (Phi) is 7.60. The summed E-state index contributed by atoms with van der Waals surface area (Å²) in [5, 5.41) is 11.8. The Morgan fingerprint density at radius 2 is 1.68 bits per heavy atom. The summed E-state index contributed by atoms with van der Waals surface area (Å²) in [7, 11) is 3.86. The second-order valence-electron chi connectivity index (χ2n) is 9.48. The molecule has 0 radical (unpaired) electrons. The van der Waals surface area contributed by atoms with Crippen molar-refractivity contribution >= 4 is 40.4 Å². The number of halogens is 1. The molecule has 1 unspecified atom stereocenters. The highest BCUT2D eigenvalue weighted by molar-refractivity contribution is 6.51. The van der Waals surface area contributed by atoms with Crippen LogP contribution < -0.4 is 14.5 Å². The molecule has 0 aromatic heterocycles. The minimum Gasteiger partial charge on any atom is -0.507 e. The van der Waals surface area contributed by atoms with E-state index in [0.717, 1.165) is 16.8 Å². The van der Waals surface area contributed by atoms with Crippen molar-refractivity contribution in [2.45, 2.75) is 32.7 Å². The van der Waals surface area contributed by atoms with Crippen LogP contribution in [-0.2, 0) is 9.59 Å². The predicted molar refractivity (Wildman–Crippen MR) is 149 cm³/mol. The predicted octanol–water partition coefficient (Wildman–Crippen LogP) is 6.55. The smallest absolute Gasteiger partial charge is 0.300 e. The lowest BCUT2D eigenvalue weighted by molar-refractivity contribution is -0.132. The fourth-order valence-electron chi connectivity index (χ4n) is 4.46. The molecule has 1 aliphatic rings. The van der Waals surface area contributed by atoms with E-state index >= 15 is 0 Å².